The van der Waals surface area contributed by atoms with Gasteiger partial charge in [-0.3, -0.25) is 14.5 Å². The molecule has 8 nitrogen and oxygen atoms in total. The molecule has 1 aliphatic rings. The third kappa shape index (κ3) is 7.98. The first kappa shape index (κ1) is 24.9. The predicted molar refractivity (Wildman–Crippen MR) is 128 cm³/mol. The van der Waals surface area contributed by atoms with Crippen molar-refractivity contribution >= 4 is 11.7 Å². The van der Waals surface area contributed by atoms with Crippen LogP contribution in [0.3, 0.4) is 0 Å². The highest BCUT2D eigenvalue weighted by Crippen LogP contribution is 2.15. The first-order valence-corrected chi connectivity index (χ1v) is 12.1. The summed E-state index contributed by atoms with van der Waals surface area (Å²) in [5.41, 5.74) is 7.73. The van der Waals surface area contributed by atoms with Gasteiger partial charge in [0, 0.05) is 63.0 Å². The Morgan fingerprint density at radius 2 is 1.88 bits per heavy atom. The van der Waals surface area contributed by atoms with Crippen LogP contribution in [0, 0.1) is 0 Å². The molecule has 1 aliphatic heterocycles. The molecule has 3 N–H and O–H groups in total. The minimum absolute atomic E-state index is 0.000115. The van der Waals surface area contributed by atoms with Gasteiger partial charge in [0.1, 0.15) is 5.75 Å². The van der Waals surface area contributed by atoms with Crippen LogP contribution in [-0.4, -0.2) is 76.8 Å². The van der Waals surface area contributed by atoms with Crippen molar-refractivity contribution < 1.29 is 14.3 Å². The lowest BCUT2D eigenvalue weighted by atomic mass is 10.0. The summed E-state index contributed by atoms with van der Waals surface area (Å²) in [7, 11) is 0. The topological polar surface area (TPSA) is 105 Å². The Labute approximate surface area is 196 Å². The average Bonchev–Trinajstić information content (AvgIpc) is 3.35. The number of nitrogens with two attached hydrogens (primary N) is 1. The van der Waals surface area contributed by atoms with E-state index in [2.05, 4.69) is 21.8 Å². The molecule has 8 heteroatoms. The van der Waals surface area contributed by atoms with E-state index in [9.17, 15) is 9.59 Å². The lowest BCUT2D eigenvalue weighted by Gasteiger charge is -2.35. The number of carbonyl (C=O) groups excluding carboxylic acids is 2. The summed E-state index contributed by atoms with van der Waals surface area (Å²) < 4.78 is 5.84. The number of hydrogen-bond acceptors (Lipinski definition) is 6. The SMILES string of the molecule is CCCCCC(=O)c1ccc(OCCCN2CCN(C(=O)[C@@H](N)Cc3cnc[nH]3)CC2)cc1. The monoisotopic (exact) mass is 455 g/mol. The Hall–Kier alpha value is -2.71. The summed E-state index contributed by atoms with van der Waals surface area (Å²) in [5.74, 6) is 0.997. The zero-order chi connectivity index (χ0) is 23.5. The predicted octanol–water partition coefficient (Wildman–Crippen LogP) is 2.66. The zero-order valence-electron chi connectivity index (χ0n) is 19.7. The second-order valence-corrected chi connectivity index (χ2v) is 8.66. The Kier molecular flexibility index (Phi) is 9.90. The molecular formula is C25H37N5O3. The summed E-state index contributed by atoms with van der Waals surface area (Å²) in [6.07, 6.45) is 8.47. The number of aromatic amines is 1. The number of nitrogens with zero attached hydrogens (tertiary/aromatic N) is 3. The number of rotatable bonds is 13. The van der Waals surface area contributed by atoms with Crippen LogP contribution in [0.25, 0.3) is 0 Å². The van der Waals surface area contributed by atoms with E-state index < -0.39 is 6.04 Å². The van der Waals surface area contributed by atoms with E-state index in [0.29, 0.717) is 32.5 Å². The third-order valence-corrected chi connectivity index (χ3v) is 6.07. The van der Waals surface area contributed by atoms with Crippen LogP contribution >= 0.6 is 0 Å². The van der Waals surface area contributed by atoms with Gasteiger partial charge in [-0.2, -0.15) is 0 Å². The number of hydrogen-bond donors (Lipinski definition) is 2. The summed E-state index contributed by atoms with van der Waals surface area (Å²) in [6.45, 7) is 6.77. The molecule has 33 heavy (non-hydrogen) atoms. The number of H-pyrrole nitrogens is 1. The number of ketones is 1. The summed E-state index contributed by atoms with van der Waals surface area (Å²) in [4.78, 5) is 35.9. The largest absolute Gasteiger partial charge is 0.494 e. The number of imidazole rings is 1. The molecule has 0 bridgehead atoms. The summed E-state index contributed by atoms with van der Waals surface area (Å²) >= 11 is 0. The van der Waals surface area contributed by atoms with Crippen LogP contribution in [0.2, 0.25) is 0 Å². The van der Waals surface area contributed by atoms with Crippen LogP contribution in [0.15, 0.2) is 36.8 Å². The molecule has 1 atom stereocenters. The van der Waals surface area contributed by atoms with Crippen molar-refractivity contribution in [2.75, 3.05) is 39.3 Å². The molecule has 1 aromatic heterocycles. The van der Waals surface area contributed by atoms with Crippen molar-refractivity contribution in [2.45, 2.75) is 51.5 Å². The highest BCUT2D eigenvalue weighted by molar-refractivity contribution is 5.96. The molecule has 0 saturated carbocycles. The maximum atomic E-state index is 12.6. The number of nitrogens with one attached hydrogen (secondary N) is 1. The normalized spacial score (nSPS) is 15.4. The first-order valence-electron chi connectivity index (χ1n) is 12.1. The number of Topliss-reactive ketones (excluding diaryl/α,β-unsaturated/α-hetero) is 1. The average molecular weight is 456 g/mol. The molecule has 0 unspecified atom stereocenters. The van der Waals surface area contributed by atoms with Crippen LogP contribution < -0.4 is 10.5 Å². The van der Waals surface area contributed by atoms with E-state index >= 15 is 0 Å². The minimum atomic E-state index is -0.538. The highest BCUT2D eigenvalue weighted by Gasteiger charge is 2.25. The van der Waals surface area contributed by atoms with Gasteiger partial charge in [-0.25, -0.2) is 4.98 Å². The van der Waals surface area contributed by atoms with Gasteiger partial charge in [0.25, 0.3) is 0 Å². The molecule has 1 amide bonds. The maximum Gasteiger partial charge on any atom is 0.239 e. The van der Waals surface area contributed by atoms with Gasteiger partial charge in [-0.1, -0.05) is 19.8 Å². The van der Waals surface area contributed by atoms with Crippen molar-refractivity contribution in [2.24, 2.45) is 5.73 Å². The fourth-order valence-corrected chi connectivity index (χ4v) is 4.04. The first-order chi connectivity index (χ1) is 16.1. The van der Waals surface area contributed by atoms with Crippen LogP contribution in [0.1, 0.15) is 55.1 Å². The van der Waals surface area contributed by atoms with Crippen LogP contribution in [0.5, 0.6) is 5.75 Å². The van der Waals surface area contributed by atoms with Gasteiger partial charge in [0.2, 0.25) is 5.91 Å². The van der Waals surface area contributed by atoms with E-state index in [1.54, 1.807) is 12.5 Å². The van der Waals surface area contributed by atoms with Crippen molar-refractivity contribution in [3.8, 4) is 5.75 Å². The molecule has 0 radical (unpaired) electrons. The Bertz CT molecular complexity index is 845. The smallest absolute Gasteiger partial charge is 0.239 e. The molecule has 0 spiro atoms. The zero-order valence-corrected chi connectivity index (χ0v) is 19.7. The number of carbonyl (C=O) groups is 2. The summed E-state index contributed by atoms with van der Waals surface area (Å²) in [5, 5.41) is 0. The highest BCUT2D eigenvalue weighted by atomic mass is 16.5. The van der Waals surface area contributed by atoms with Gasteiger partial charge in [0.15, 0.2) is 5.78 Å². The maximum absolute atomic E-state index is 12.6. The molecule has 0 aliphatic carbocycles. The van der Waals surface area contributed by atoms with Gasteiger partial charge in [0.05, 0.1) is 19.0 Å². The molecule has 1 aromatic carbocycles. The minimum Gasteiger partial charge on any atom is -0.494 e. The molecule has 2 aromatic rings. The van der Waals surface area contributed by atoms with Crippen LogP contribution in [0.4, 0.5) is 0 Å². The number of benzene rings is 1. The molecule has 3 rings (SSSR count). The number of unbranched alkanes of at least 4 members (excludes halogenated alkanes) is 2. The molecule has 180 valence electrons. The van der Waals surface area contributed by atoms with Crippen molar-refractivity contribution in [1.82, 2.24) is 19.8 Å². The lowest BCUT2D eigenvalue weighted by molar-refractivity contribution is -0.134. The van der Waals surface area contributed by atoms with E-state index in [-0.39, 0.29) is 11.7 Å². The van der Waals surface area contributed by atoms with Crippen LogP contribution in [-0.2, 0) is 11.2 Å². The van der Waals surface area contributed by atoms with E-state index in [1.807, 2.05) is 29.2 Å². The van der Waals surface area contributed by atoms with Crippen molar-refractivity contribution in [1.29, 1.82) is 0 Å². The molecular weight excluding hydrogens is 418 g/mol. The number of amides is 1. The van der Waals surface area contributed by atoms with Crippen molar-refractivity contribution in [3.05, 3.63) is 48.0 Å². The third-order valence-electron chi connectivity index (χ3n) is 6.07. The van der Waals surface area contributed by atoms with Gasteiger partial charge < -0.3 is 20.4 Å². The van der Waals surface area contributed by atoms with E-state index in [4.69, 9.17) is 10.5 Å². The number of aromatic nitrogens is 2. The fraction of sp³-hybridized carbons (Fsp3) is 0.560. The lowest BCUT2D eigenvalue weighted by Crippen LogP contribution is -2.53. The van der Waals surface area contributed by atoms with Gasteiger partial charge in [-0.05, 0) is 37.1 Å². The van der Waals surface area contributed by atoms with E-state index in [0.717, 1.165) is 62.3 Å². The second kappa shape index (κ2) is 13.1. The Morgan fingerprint density at radius 3 is 2.55 bits per heavy atom. The van der Waals surface area contributed by atoms with E-state index in [1.165, 1.54) is 0 Å². The fourth-order valence-electron chi connectivity index (χ4n) is 4.04. The van der Waals surface area contributed by atoms with Gasteiger partial charge >= 0.3 is 0 Å². The number of piperazine rings is 1. The summed E-state index contributed by atoms with van der Waals surface area (Å²) in [6, 6.07) is 6.94. The standard InChI is InChI=1S/C25H37N5O3/c1-2-3-4-6-24(31)20-7-9-22(10-8-20)33-16-5-11-29-12-14-30(15-13-29)25(32)23(26)17-21-18-27-19-28-21/h7-10,18-19,23H,2-6,11-17,26H2,1H3,(H,27,28)/t23-/m0/s1. The molecule has 1 saturated heterocycles. The Balaban J connectivity index is 1.30. The molecule has 2 heterocycles. The second-order valence-electron chi connectivity index (χ2n) is 8.66. The Morgan fingerprint density at radius 1 is 1.12 bits per heavy atom. The van der Waals surface area contributed by atoms with Gasteiger partial charge in [-0.15, -0.1) is 0 Å². The number of ether oxygens (including phenoxy) is 1. The molecule has 1 fully saturated rings. The van der Waals surface area contributed by atoms with Crippen molar-refractivity contribution in [3.63, 3.8) is 0 Å². The quantitative estimate of drug-likeness (QED) is 0.355.